The van der Waals surface area contributed by atoms with Crippen LogP contribution in [0.3, 0.4) is 0 Å². The van der Waals surface area contributed by atoms with Gasteiger partial charge in [0.2, 0.25) is 0 Å². The molecule has 0 fully saturated rings. The van der Waals surface area contributed by atoms with E-state index in [4.69, 9.17) is 4.74 Å². The zero-order chi connectivity index (χ0) is 19.2. The molecule has 0 spiro atoms. The van der Waals surface area contributed by atoms with Crippen molar-refractivity contribution in [2.75, 3.05) is 19.0 Å². The van der Waals surface area contributed by atoms with Crippen molar-refractivity contribution in [3.8, 4) is 5.75 Å². The van der Waals surface area contributed by atoms with Crippen LogP contribution in [0.15, 0.2) is 70.4 Å². The van der Waals surface area contributed by atoms with Crippen molar-refractivity contribution >= 4 is 22.8 Å². The van der Waals surface area contributed by atoms with E-state index in [1.54, 1.807) is 13.2 Å². The first kappa shape index (κ1) is 18.8. The summed E-state index contributed by atoms with van der Waals surface area (Å²) in [5.74, 6) is 0.705. The number of rotatable bonds is 6. The van der Waals surface area contributed by atoms with Crippen LogP contribution in [-0.2, 0) is 4.79 Å². The standard InChI is InChI=1S/C21H23N3O3/c1-14-10-15(21(26)12-20(14)25)13-22-24-18-5-3-4-17(11-18)23-16-6-8-19(27-2)9-7-16/h3-11,14,20,23,25H,12-13H2,1-2H3. The van der Waals surface area contributed by atoms with Gasteiger partial charge in [0, 0.05) is 29.3 Å². The maximum Gasteiger partial charge on any atom is 0.163 e. The van der Waals surface area contributed by atoms with E-state index in [9.17, 15) is 9.90 Å². The Labute approximate surface area is 158 Å². The van der Waals surface area contributed by atoms with Crippen LogP contribution in [0.5, 0.6) is 5.75 Å². The molecule has 3 rings (SSSR count). The van der Waals surface area contributed by atoms with Crippen molar-refractivity contribution in [3.05, 3.63) is 60.2 Å². The second-order valence-corrected chi connectivity index (χ2v) is 6.55. The molecule has 6 heteroatoms. The lowest BCUT2D eigenvalue weighted by Gasteiger charge is -2.21. The molecule has 0 radical (unpaired) electrons. The van der Waals surface area contributed by atoms with Crippen molar-refractivity contribution in [2.45, 2.75) is 19.4 Å². The minimum Gasteiger partial charge on any atom is -0.497 e. The smallest absolute Gasteiger partial charge is 0.163 e. The number of Topliss-reactive ketones (excluding diaryl/α,β-unsaturated/α-hetero) is 1. The summed E-state index contributed by atoms with van der Waals surface area (Å²) in [6.45, 7) is 2.12. The van der Waals surface area contributed by atoms with Crippen molar-refractivity contribution in [2.24, 2.45) is 16.1 Å². The Kier molecular flexibility index (Phi) is 5.98. The first-order valence-electron chi connectivity index (χ1n) is 8.86. The van der Waals surface area contributed by atoms with E-state index in [2.05, 4.69) is 15.5 Å². The van der Waals surface area contributed by atoms with Gasteiger partial charge in [-0.15, -0.1) is 0 Å². The molecule has 0 aromatic heterocycles. The van der Waals surface area contributed by atoms with Crippen LogP contribution in [0.1, 0.15) is 13.3 Å². The van der Waals surface area contributed by atoms with Gasteiger partial charge in [-0.3, -0.25) is 4.79 Å². The Bertz CT molecular complexity index is 859. The molecular weight excluding hydrogens is 342 g/mol. The first-order valence-corrected chi connectivity index (χ1v) is 8.86. The predicted molar refractivity (Wildman–Crippen MR) is 105 cm³/mol. The highest BCUT2D eigenvalue weighted by atomic mass is 16.5. The summed E-state index contributed by atoms with van der Waals surface area (Å²) in [6, 6.07) is 15.2. The summed E-state index contributed by atoms with van der Waals surface area (Å²) in [5.41, 5.74) is 3.14. The third kappa shape index (κ3) is 5.01. The summed E-state index contributed by atoms with van der Waals surface area (Å²) in [7, 11) is 1.64. The highest BCUT2D eigenvalue weighted by molar-refractivity contribution is 5.97. The van der Waals surface area contributed by atoms with E-state index in [1.165, 1.54) is 0 Å². The van der Waals surface area contributed by atoms with Crippen LogP contribution >= 0.6 is 0 Å². The summed E-state index contributed by atoms with van der Waals surface area (Å²) in [5, 5.41) is 21.4. The Morgan fingerprint density at radius 1 is 1.19 bits per heavy atom. The highest BCUT2D eigenvalue weighted by Gasteiger charge is 2.25. The minimum atomic E-state index is -0.598. The SMILES string of the molecule is COc1ccc(Nc2cccc(N=NCC3=CC(C)C(O)CC3=O)c2)cc1. The Hall–Kier alpha value is -2.99. The lowest BCUT2D eigenvalue weighted by Crippen LogP contribution is -2.27. The van der Waals surface area contributed by atoms with E-state index in [0.29, 0.717) is 11.3 Å². The van der Waals surface area contributed by atoms with Gasteiger partial charge in [-0.25, -0.2) is 0 Å². The van der Waals surface area contributed by atoms with Crippen LogP contribution in [0.2, 0.25) is 0 Å². The van der Waals surface area contributed by atoms with Gasteiger partial charge in [-0.05, 0) is 42.5 Å². The van der Waals surface area contributed by atoms with Crippen LogP contribution in [-0.4, -0.2) is 30.6 Å². The third-order valence-electron chi connectivity index (χ3n) is 4.48. The van der Waals surface area contributed by atoms with Crippen LogP contribution in [0, 0.1) is 5.92 Å². The predicted octanol–water partition coefficient (Wildman–Crippen LogP) is 4.42. The monoisotopic (exact) mass is 365 g/mol. The summed E-state index contributed by atoms with van der Waals surface area (Å²) in [4.78, 5) is 11.9. The molecule has 2 aromatic carbocycles. The van der Waals surface area contributed by atoms with Crippen LogP contribution in [0.25, 0.3) is 0 Å². The average molecular weight is 365 g/mol. The number of ether oxygens (including phenoxy) is 1. The number of anilines is 2. The van der Waals surface area contributed by atoms with Crippen LogP contribution in [0.4, 0.5) is 17.1 Å². The molecule has 1 aliphatic rings. The Morgan fingerprint density at radius 2 is 1.96 bits per heavy atom. The summed E-state index contributed by atoms with van der Waals surface area (Å²) in [6.07, 6.45) is 1.35. The highest BCUT2D eigenvalue weighted by Crippen LogP contribution is 2.24. The lowest BCUT2D eigenvalue weighted by atomic mass is 9.88. The summed E-state index contributed by atoms with van der Waals surface area (Å²) < 4.78 is 5.16. The molecular formula is C21H23N3O3. The average Bonchev–Trinajstić information content (AvgIpc) is 2.67. The Morgan fingerprint density at radius 3 is 2.70 bits per heavy atom. The van der Waals surface area contributed by atoms with E-state index < -0.39 is 6.10 Å². The number of hydrogen-bond donors (Lipinski definition) is 2. The molecule has 0 saturated heterocycles. The fourth-order valence-corrected chi connectivity index (χ4v) is 2.85. The quantitative estimate of drug-likeness (QED) is 0.742. The van der Waals surface area contributed by atoms with E-state index in [-0.39, 0.29) is 24.7 Å². The lowest BCUT2D eigenvalue weighted by molar-refractivity contribution is -0.118. The molecule has 0 saturated carbocycles. The number of azo groups is 1. The fraction of sp³-hybridized carbons (Fsp3) is 0.286. The van der Waals surface area contributed by atoms with Crippen molar-refractivity contribution < 1.29 is 14.6 Å². The molecule has 0 amide bonds. The van der Waals surface area contributed by atoms with Gasteiger partial charge in [-0.1, -0.05) is 19.1 Å². The third-order valence-corrected chi connectivity index (χ3v) is 4.48. The number of methoxy groups -OCH3 is 1. The van der Waals surface area contributed by atoms with Gasteiger partial charge in [0.15, 0.2) is 5.78 Å². The number of nitrogens with zero attached hydrogens (tertiary/aromatic N) is 2. The topological polar surface area (TPSA) is 83.3 Å². The Balaban J connectivity index is 1.64. The number of aliphatic hydroxyl groups is 1. The molecule has 2 N–H and O–H groups in total. The molecule has 0 heterocycles. The van der Waals surface area contributed by atoms with E-state index in [1.807, 2.05) is 55.5 Å². The molecule has 27 heavy (non-hydrogen) atoms. The number of nitrogens with one attached hydrogen (secondary N) is 1. The molecule has 2 aromatic rings. The zero-order valence-corrected chi connectivity index (χ0v) is 15.4. The largest absolute Gasteiger partial charge is 0.497 e. The van der Waals surface area contributed by atoms with Gasteiger partial charge >= 0.3 is 0 Å². The van der Waals surface area contributed by atoms with Gasteiger partial charge in [0.25, 0.3) is 0 Å². The second-order valence-electron chi connectivity index (χ2n) is 6.55. The molecule has 2 unspecified atom stereocenters. The van der Waals surface area contributed by atoms with Crippen molar-refractivity contribution in [1.29, 1.82) is 0 Å². The zero-order valence-electron chi connectivity index (χ0n) is 15.4. The van der Waals surface area contributed by atoms with Gasteiger partial charge in [0.05, 0.1) is 25.4 Å². The van der Waals surface area contributed by atoms with E-state index >= 15 is 0 Å². The van der Waals surface area contributed by atoms with Gasteiger partial charge in [0.1, 0.15) is 5.75 Å². The first-order chi connectivity index (χ1) is 13.0. The summed E-state index contributed by atoms with van der Waals surface area (Å²) >= 11 is 0. The minimum absolute atomic E-state index is 0.0371. The van der Waals surface area contributed by atoms with Gasteiger partial charge < -0.3 is 15.2 Å². The molecule has 2 atom stereocenters. The van der Waals surface area contributed by atoms with E-state index in [0.717, 1.165) is 17.1 Å². The fourth-order valence-electron chi connectivity index (χ4n) is 2.85. The number of carbonyl (C=O) groups excluding carboxylic acids is 1. The number of benzene rings is 2. The molecule has 1 aliphatic carbocycles. The molecule has 0 aliphatic heterocycles. The number of ketones is 1. The number of aliphatic hydroxyl groups excluding tert-OH is 1. The van der Waals surface area contributed by atoms with Gasteiger partial charge in [-0.2, -0.15) is 10.2 Å². The maximum atomic E-state index is 11.9. The molecule has 0 bridgehead atoms. The molecule has 140 valence electrons. The number of carbonyl (C=O) groups is 1. The van der Waals surface area contributed by atoms with Crippen molar-refractivity contribution in [3.63, 3.8) is 0 Å². The molecule has 6 nitrogen and oxygen atoms in total. The number of hydrogen-bond acceptors (Lipinski definition) is 6. The van der Waals surface area contributed by atoms with Crippen LogP contribution < -0.4 is 10.1 Å². The second kappa shape index (κ2) is 8.60. The van der Waals surface area contributed by atoms with Crippen molar-refractivity contribution in [1.82, 2.24) is 0 Å². The normalized spacial score (nSPS) is 19.8. The maximum absolute atomic E-state index is 11.9.